The molecule has 0 radical (unpaired) electrons. The number of rotatable bonds is 2. The average molecular weight is 251 g/mol. The van der Waals surface area contributed by atoms with E-state index < -0.39 is 0 Å². The molecule has 0 aliphatic heterocycles. The van der Waals surface area contributed by atoms with Gasteiger partial charge in [-0.25, -0.2) is 0 Å². The van der Waals surface area contributed by atoms with Crippen molar-refractivity contribution < 1.29 is 5.11 Å². The van der Waals surface area contributed by atoms with Gasteiger partial charge in [0.05, 0.1) is 34.5 Å². The number of benzene rings is 1. The van der Waals surface area contributed by atoms with Crippen LogP contribution in [0.3, 0.4) is 0 Å². The Kier molecular flexibility index (Phi) is 3.88. The summed E-state index contributed by atoms with van der Waals surface area (Å²) in [5.74, 6) is 0. The van der Waals surface area contributed by atoms with Gasteiger partial charge in [-0.3, -0.25) is 0 Å². The summed E-state index contributed by atoms with van der Waals surface area (Å²) in [6.07, 6.45) is 3.63. The second-order valence-corrected chi connectivity index (χ2v) is 4.82. The van der Waals surface area contributed by atoms with Crippen molar-refractivity contribution in [2.45, 2.75) is 37.8 Å². The molecule has 2 atom stereocenters. The summed E-state index contributed by atoms with van der Waals surface area (Å²) in [7, 11) is 0. The zero-order chi connectivity index (χ0) is 12.3. The van der Waals surface area contributed by atoms with Crippen LogP contribution in [-0.4, -0.2) is 17.3 Å². The predicted molar refractivity (Wildman–Crippen MR) is 68.1 cm³/mol. The van der Waals surface area contributed by atoms with Gasteiger partial charge in [-0.05, 0) is 31.0 Å². The molecule has 0 saturated heterocycles. The minimum atomic E-state index is -0.328. The van der Waals surface area contributed by atoms with Gasteiger partial charge in [0.15, 0.2) is 0 Å². The first-order valence-electron chi connectivity index (χ1n) is 5.85. The second kappa shape index (κ2) is 5.39. The van der Waals surface area contributed by atoms with E-state index >= 15 is 0 Å². The van der Waals surface area contributed by atoms with Crippen LogP contribution in [0, 0.1) is 11.3 Å². The predicted octanol–water partition coefficient (Wildman–Crippen LogP) is 2.93. The fourth-order valence-corrected chi connectivity index (χ4v) is 2.36. The lowest BCUT2D eigenvalue weighted by molar-refractivity contribution is 0.116. The maximum absolute atomic E-state index is 9.88. The normalized spacial score (nSPS) is 24.1. The van der Waals surface area contributed by atoms with E-state index in [1.54, 1.807) is 18.2 Å². The number of nitrogens with one attached hydrogen (secondary N) is 1. The van der Waals surface area contributed by atoms with Gasteiger partial charge < -0.3 is 10.4 Å². The number of halogens is 1. The van der Waals surface area contributed by atoms with E-state index in [4.69, 9.17) is 16.9 Å². The molecular formula is C13H15ClN2O. The van der Waals surface area contributed by atoms with Crippen LogP contribution < -0.4 is 5.32 Å². The quantitative estimate of drug-likeness (QED) is 0.849. The second-order valence-electron chi connectivity index (χ2n) is 4.41. The molecule has 0 heterocycles. The van der Waals surface area contributed by atoms with Gasteiger partial charge in [0.1, 0.15) is 0 Å². The molecule has 17 heavy (non-hydrogen) atoms. The molecule has 0 amide bonds. The molecule has 1 fully saturated rings. The molecule has 1 aliphatic carbocycles. The third-order valence-corrected chi connectivity index (χ3v) is 3.50. The molecule has 4 heteroatoms. The highest BCUT2D eigenvalue weighted by molar-refractivity contribution is 6.33. The molecule has 2 unspecified atom stereocenters. The van der Waals surface area contributed by atoms with Gasteiger partial charge in [-0.2, -0.15) is 5.26 Å². The highest BCUT2D eigenvalue weighted by Crippen LogP contribution is 2.27. The van der Waals surface area contributed by atoms with E-state index in [1.165, 1.54) is 0 Å². The maximum Gasteiger partial charge on any atom is 0.0992 e. The van der Waals surface area contributed by atoms with Crippen LogP contribution in [0.2, 0.25) is 5.02 Å². The summed E-state index contributed by atoms with van der Waals surface area (Å²) in [4.78, 5) is 0. The molecule has 1 aromatic rings. The summed E-state index contributed by atoms with van der Waals surface area (Å²) in [6.45, 7) is 0. The molecule has 0 aromatic heterocycles. The molecule has 2 N–H and O–H groups in total. The molecule has 1 saturated carbocycles. The summed E-state index contributed by atoms with van der Waals surface area (Å²) >= 11 is 6.07. The first-order valence-corrected chi connectivity index (χ1v) is 6.23. The van der Waals surface area contributed by atoms with Crippen LogP contribution in [0.1, 0.15) is 31.2 Å². The number of nitrogens with zero attached hydrogens (tertiary/aromatic N) is 1. The van der Waals surface area contributed by atoms with Crippen molar-refractivity contribution in [1.82, 2.24) is 0 Å². The first kappa shape index (κ1) is 12.2. The van der Waals surface area contributed by atoms with E-state index in [9.17, 15) is 5.11 Å². The summed E-state index contributed by atoms with van der Waals surface area (Å²) in [5, 5.41) is 22.5. The van der Waals surface area contributed by atoms with Crippen LogP contribution in [0.5, 0.6) is 0 Å². The lowest BCUT2D eigenvalue weighted by Crippen LogP contribution is -2.36. The number of hydrogen-bond acceptors (Lipinski definition) is 3. The van der Waals surface area contributed by atoms with E-state index in [0.717, 1.165) is 31.4 Å². The Balaban J connectivity index is 2.14. The van der Waals surface area contributed by atoms with Crippen LogP contribution in [0.15, 0.2) is 18.2 Å². The lowest BCUT2D eigenvalue weighted by Gasteiger charge is -2.29. The average Bonchev–Trinajstić information content (AvgIpc) is 2.35. The number of aliphatic hydroxyl groups excluding tert-OH is 1. The van der Waals surface area contributed by atoms with E-state index in [0.29, 0.717) is 10.6 Å². The molecule has 3 nitrogen and oxygen atoms in total. The van der Waals surface area contributed by atoms with E-state index in [-0.39, 0.29) is 12.1 Å². The van der Waals surface area contributed by atoms with E-state index in [1.807, 2.05) is 0 Å². The van der Waals surface area contributed by atoms with Crippen molar-refractivity contribution >= 4 is 17.3 Å². The monoisotopic (exact) mass is 250 g/mol. The van der Waals surface area contributed by atoms with Crippen LogP contribution >= 0.6 is 11.6 Å². The fourth-order valence-electron chi connectivity index (χ4n) is 2.18. The van der Waals surface area contributed by atoms with Gasteiger partial charge in [-0.1, -0.05) is 24.4 Å². The Morgan fingerprint density at radius 1 is 1.35 bits per heavy atom. The summed E-state index contributed by atoms with van der Waals surface area (Å²) in [6, 6.07) is 7.24. The highest BCUT2D eigenvalue weighted by Gasteiger charge is 2.23. The minimum Gasteiger partial charge on any atom is -0.391 e. The van der Waals surface area contributed by atoms with Crippen molar-refractivity contribution in [2.75, 3.05) is 5.32 Å². The molecule has 1 aliphatic rings. The highest BCUT2D eigenvalue weighted by atomic mass is 35.5. The van der Waals surface area contributed by atoms with Crippen molar-refractivity contribution in [2.24, 2.45) is 0 Å². The van der Waals surface area contributed by atoms with Crippen LogP contribution in [-0.2, 0) is 0 Å². The van der Waals surface area contributed by atoms with Crippen LogP contribution in [0.4, 0.5) is 5.69 Å². The summed E-state index contributed by atoms with van der Waals surface area (Å²) in [5.41, 5.74) is 1.30. The Morgan fingerprint density at radius 2 is 2.12 bits per heavy atom. The number of aliphatic hydroxyl groups is 1. The number of anilines is 1. The Bertz CT molecular complexity index is 442. The zero-order valence-electron chi connectivity index (χ0n) is 9.49. The molecule has 0 bridgehead atoms. The minimum absolute atomic E-state index is 0.0372. The lowest BCUT2D eigenvalue weighted by atomic mass is 9.92. The maximum atomic E-state index is 9.88. The fraction of sp³-hybridized carbons (Fsp3) is 0.462. The van der Waals surface area contributed by atoms with Crippen molar-refractivity contribution in [1.29, 1.82) is 5.26 Å². The summed E-state index contributed by atoms with van der Waals surface area (Å²) < 4.78 is 0. The van der Waals surface area contributed by atoms with Crippen molar-refractivity contribution in [3.05, 3.63) is 28.8 Å². The Hall–Kier alpha value is -1.24. The smallest absolute Gasteiger partial charge is 0.0992 e. The first-order chi connectivity index (χ1) is 8.20. The SMILES string of the molecule is N#Cc1ccc(Cl)c(NC2CCCCC2O)c1. The molecular weight excluding hydrogens is 236 g/mol. The van der Waals surface area contributed by atoms with Gasteiger partial charge in [0.2, 0.25) is 0 Å². The number of nitriles is 1. The van der Waals surface area contributed by atoms with Crippen molar-refractivity contribution in [3.63, 3.8) is 0 Å². The van der Waals surface area contributed by atoms with Gasteiger partial charge in [0.25, 0.3) is 0 Å². The van der Waals surface area contributed by atoms with Gasteiger partial charge in [0, 0.05) is 0 Å². The largest absolute Gasteiger partial charge is 0.391 e. The standard InChI is InChI=1S/C13H15ClN2O/c14-10-6-5-9(8-15)7-12(10)16-11-3-1-2-4-13(11)17/h5-7,11,13,16-17H,1-4H2. The molecule has 0 spiro atoms. The van der Waals surface area contributed by atoms with Crippen LogP contribution in [0.25, 0.3) is 0 Å². The molecule has 90 valence electrons. The van der Waals surface area contributed by atoms with Gasteiger partial charge in [-0.15, -0.1) is 0 Å². The Labute approximate surface area is 106 Å². The third-order valence-electron chi connectivity index (χ3n) is 3.17. The molecule has 1 aromatic carbocycles. The topological polar surface area (TPSA) is 56.0 Å². The van der Waals surface area contributed by atoms with E-state index in [2.05, 4.69) is 11.4 Å². The third kappa shape index (κ3) is 2.91. The molecule has 2 rings (SSSR count). The van der Waals surface area contributed by atoms with Crippen molar-refractivity contribution in [3.8, 4) is 6.07 Å². The number of hydrogen-bond donors (Lipinski definition) is 2. The Morgan fingerprint density at radius 3 is 2.82 bits per heavy atom. The zero-order valence-corrected chi connectivity index (χ0v) is 10.2. The van der Waals surface area contributed by atoms with Gasteiger partial charge >= 0.3 is 0 Å².